The number of hydrogen-bond acceptors (Lipinski definition) is 4. The summed E-state index contributed by atoms with van der Waals surface area (Å²) in [6.45, 7) is 1.62. The van der Waals surface area contributed by atoms with Crippen LogP contribution in [0.4, 0.5) is 0 Å². The SMILES string of the molecule is CC(=O)CCSSCc1ccco1. The fourth-order valence-electron chi connectivity index (χ4n) is 0.739. The highest BCUT2D eigenvalue weighted by Gasteiger charge is 1.97. The highest BCUT2D eigenvalue weighted by atomic mass is 33.1. The summed E-state index contributed by atoms with van der Waals surface area (Å²) in [6.07, 6.45) is 2.34. The van der Waals surface area contributed by atoms with Crippen LogP contribution in [0.2, 0.25) is 0 Å². The highest BCUT2D eigenvalue weighted by Crippen LogP contribution is 2.26. The lowest BCUT2D eigenvalue weighted by molar-refractivity contribution is -0.116. The summed E-state index contributed by atoms with van der Waals surface area (Å²) in [7, 11) is 3.44. The molecule has 0 amide bonds. The molecule has 0 aliphatic carbocycles. The van der Waals surface area contributed by atoms with Crippen LogP contribution >= 0.6 is 21.6 Å². The third-order valence-corrected chi connectivity index (χ3v) is 3.70. The summed E-state index contributed by atoms with van der Waals surface area (Å²) in [5.74, 6) is 3.00. The maximum atomic E-state index is 10.6. The Morgan fingerprint density at radius 3 is 3.00 bits per heavy atom. The van der Waals surface area contributed by atoms with Crippen LogP contribution in [0, 0.1) is 0 Å². The van der Waals surface area contributed by atoms with Crippen LogP contribution in [0.1, 0.15) is 19.1 Å². The van der Waals surface area contributed by atoms with E-state index in [2.05, 4.69) is 0 Å². The molecule has 0 spiro atoms. The van der Waals surface area contributed by atoms with Gasteiger partial charge in [-0.05, 0) is 19.1 Å². The van der Waals surface area contributed by atoms with Crippen molar-refractivity contribution in [3.05, 3.63) is 24.2 Å². The van der Waals surface area contributed by atoms with E-state index >= 15 is 0 Å². The minimum atomic E-state index is 0.256. The molecule has 0 saturated heterocycles. The fourth-order valence-corrected chi connectivity index (χ4v) is 2.79. The third kappa shape index (κ3) is 5.05. The number of rotatable bonds is 6. The predicted molar refractivity (Wildman–Crippen MR) is 57.8 cm³/mol. The zero-order valence-electron chi connectivity index (χ0n) is 7.49. The molecule has 0 atom stereocenters. The molecule has 13 heavy (non-hydrogen) atoms. The summed E-state index contributed by atoms with van der Waals surface area (Å²) in [4.78, 5) is 10.6. The lowest BCUT2D eigenvalue weighted by atomic mass is 10.4. The molecule has 72 valence electrons. The van der Waals surface area contributed by atoms with E-state index in [0.29, 0.717) is 6.42 Å². The zero-order chi connectivity index (χ0) is 9.52. The van der Waals surface area contributed by atoms with Gasteiger partial charge < -0.3 is 4.42 Å². The zero-order valence-corrected chi connectivity index (χ0v) is 9.12. The van der Waals surface area contributed by atoms with E-state index in [9.17, 15) is 4.79 Å². The minimum absolute atomic E-state index is 0.256. The van der Waals surface area contributed by atoms with E-state index in [-0.39, 0.29) is 5.78 Å². The fraction of sp³-hybridized carbons (Fsp3) is 0.444. The Kier molecular flexibility index (Phi) is 5.08. The molecular weight excluding hydrogens is 204 g/mol. The predicted octanol–water partition coefficient (Wildman–Crippen LogP) is 3.14. The van der Waals surface area contributed by atoms with Crippen LogP contribution in [-0.4, -0.2) is 11.5 Å². The molecule has 1 aromatic rings. The van der Waals surface area contributed by atoms with Gasteiger partial charge in [-0.1, -0.05) is 21.6 Å². The molecule has 0 aromatic carbocycles. The molecule has 0 radical (unpaired) electrons. The van der Waals surface area contributed by atoms with Crippen LogP contribution in [0.5, 0.6) is 0 Å². The summed E-state index contributed by atoms with van der Waals surface area (Å²) < 4.78 is 5.16. The summed E-state index contributed by atoms with van der Waals surface area (Å²) in [5.41, 5.74) is 0. The normalized spacial score (nSPS) is 10.2. The van der Waals surface area contributed by atoms with Crippen molar-refractivity contribution < 1.29 is 9.21 Å². The van der Waals surface area contributed by atoms with Gasteiger partial charge in [0.25, 0.3) is 0 Å². The van der Waals surface area contributed by atoms with Gasteiger partial charge in [-0.15, -0.1) is 0 Å². The smallest absolute Gasteiger partial charge is 0.130 e. The summed E-state index contributed by atoms with van der Waals surface area (Å²) >= 11 is 0. The maximum Gasteiger partial charge on any atom is 0.130 e. The number of carbonyl (C=O) groups is 1. The van der Waals surface area contributed by atoms with Crippen molar-refractivity contribution in [2.45, 2.75) is 19.1 Å². The van der Waals surface area contributed by atoms with E-state index in [4.69, 9.17) is 4.42 Å². The first-order chi connectivity index (χ1) is 6.29. The van der Waals surface area contributed by atoms with Gasteiger partial charge in [-0.2, -0.15) is 0 Å². The number of Topliss-reactive ketones (excluding diaryl/α,β-unsaturated/α-hetero) is 1. The minimum Gasteiger partial charge on any atom is -0.468 e. The first-order valence-electron chi connectivity index (χ1n) is 4.05. The average molecular weight is 216 g/mol. The van der Waals surface area contributed by atoms with Gasteiger partial charge in [0.15, 0.2) is 0 Å². The van der Waals surface area contributed by atoms with E-state index in [0.717, 1.165) is 17.3 Å². The van der Waals surface area contributed by atoms with Crippen LogP contribution in [0.3, 0.4) is 0 Å². The average Bonchev–Trinajstić information content (AvgIpc) is 2.55. The van der Waals surface area contributed by atoms with Crippen molar-refractivity contribution in [1.29, 1.82) is 0 Å². The molecule has 0 N–H and O–H groups in total. The molecular formula is C9H12O2S2. The quantitative estimate of drug-likeness (QED) is 0.540. The Hall–Kier alpha value is -0.350. The van der Waals surface area contributed by atoms with E-state index in [1.165, 1.54) is 0 Å². The Morgan fingerprint density at radius 2 is 2.38 bits per heavy atom. The first kappa shape index (κ1) is 10.7. The summed E-state index contributed by atoms with van der Waals surface area (Å²) in [6, 6.07) is 3.84. The molecule has 0 aliphatic rings. The number of carbonyl (C=O) groups excluding carboxylic acids is 1. The van der Waals surface area contributed by atoms with E-state index in [1.54, 1.807) is 34.8 Å². The molecule has 0 bridgehead atoms. The van der Waals surface area contributed by atoms with Crippen molar-refractivity contribution in [1.82, 2.24) is 0 Å². The van der Waals surface area contributed by atoms with Crippen molar-refractivity contribution in [2.75, 3.05) is 5.75 Å². The largest absolute Gasteiger partial charge is 0.468 e. The molecule has 1 aromatic heterocycles. The van der Waals surface area contributed by atoms with Crippen LogP contribution in [0.25, 0.3) is 0 Å². The Labute approximate surface area is 85.9 Å². The summed E-state index contributed by atoms with van der Waals surface area (Å²) in [5, 5.41) is 0. The molecule has 2 nitrogen and oxygen atoms in total. The van der Waals surface area contributed by atoms with Gasteiger partial charge in [0.05, 0.1) is 12.0 Å². The Balaban J connectivity index is 1.99. The maximum absolute atomic E-state index is 10.6. The Bertz CT molecular complexity index is 244. The molecule has 0 saturated carbocycles. The number of hydrogen-bond donors (Lipinski definition) is 0. The van der Waals surface area contributed by atoms with Crippen LogP contribution in [0.15, 0.2) is 22.8 Å². The van der Waals surface area contributed by atoms with E-state index in [1.807, 2.05) is 12.1 Å². The first-order valence-corrected chi connectivity index (χ1v) is 6.54. The van der Waals surface area contributed by atoms with Gasteiger partial charge in [-0.3, -0.25) is 4.79 Å². The van der Waals surface area contributed by atoms with Crippen molar-refractivity contribution in [2.24, 2.45) is 0 Å². The van der Waals surface area contributed by atoms with E-state index < -0.39 is 0 Å². The Morgan fingerprint density at radius 1 is 1.54 bits per heavy atom. The molecule has 1 rings (SSSR count). The van der Waals surface area contributed by atoms with Gasteiger partial charge in [-0.25, -0.2) is 0 Å². The van der Waals surface area contributed by atoms with Crippen LogP contribution in [-0.2, 0) is 10.5 Å². The highest BCUT2D eigenvalue weighted by molar-refractivity contribution is 8.76. The standard InChI is InChI=1S/C9H12O2S2/c1-8(10)4-6-12-13-7-9-3-2-5-11-9/h2-3,5H,4,6-7H2,1H3. The van der Waals surface area contributed by atoms with Crippen LogP contribution < -0.4 is 0 Å². The van der Waals surface area contributed by atoms with Crippen molar-refractivity contribution in [3.8, 4) is 0 Å². The van der Waals surface area contributed by atoms with Crippen molar-refractivity contribution in [3.63, 3.8) is 0 Å². The van der Waals surface area contributed by atoms with Gasteiger partial charge in [0.1, 0.15) is 11.5 Å². The third-order valence-electron chi connectivity index (χ3n) is 1.40. The topological polar surface area (TPSA) is 30.2 Å². The number of ketones is 1. The molecule has 1 heterocycles. The lowest BCUT2D eigenvalue weighted by Gasteiger charge is -1.96. The number of furan rings is 1. The molecule has 0 unspecified atom stereocenters. The molecule has 0 aliphatic heterocycles. The second-order valence-electron chi connectivity index (χ2n) is 2.62. The van der Waals surface area contributed by atoms with Gasteiger partial charge >= 0.3 is 0 Å². The monoisotopic (exact) mass is 216 g/mol. The molecule has 4 heteroatoms. The second-order valence-corrected chi connectivity index (χ2v) is 5.20. The van der Waals surface area contributed by atoms with Gasteiger partial charge in [0, 0.05) is 12.2 Å². The second kappa shape index (κ2) is 6.16. The lowest BCUT2D eigenvalue weighted by Crippen LogP contribution is -1.90. The molecule has 0 fully saturated rings. The van der Waals surface area contributed by atoms with Gasteiger partial charge in [0.2, 0.25) is 0 Å². The van der Waals surface area contributed by atoms with Crippen molar-refractivity contribution >= 4 is 27.4 Å².